The molecule has 0 aromatic heterocycles. The molecule has 0 radical (unpaired) electrons. The van der Waals surface area contributed by atoms with Gasteiger partial charge in [-0.05, 0) is 49.2 Å². The lowest BCUT2D eigenvalue weighted by atomic mass is 10.0. The molecule has 0 fully saturated rings. The molecule has 9 nitrogen and oxygen atoms in total. The Kier molecular flexibility index (Phi) is 8.00. The molecule has 2 N–H and O–H groups in total. The summed E-state index contributed by atoms with van der Waals surface area (Å²) in [6, 6.07) is 18.5. The number of benzene rings is 3. The number of carbonyl (C=O) groups is 1. The monoisotopic (exact) mass is 495 g/mol. The Balaban J connectivity index is 2.04. The molecule has 0 aliphatic rings. The third-order valence-corrected chi connectivity index (χ3v) is 6.50. The lowest BCUT2D eigenvalue weighted by molar-refractivity contribution is -0.384. The van der Waals surface area contributed by atoms with Gasteiger partial charge in [-0.3, -0.25) is 14.9 Å². The zero-order valence-electron chi connectivity index (χ0n) is 19.4. The molecule has 3 rings (SSSR count). The van der Waals surface area contributed by atoms with E-state index in [9.17, 15) is 23.3 Å². The largest absolute Gasteiger partial charge is 0.495 e. The first-order chi connectivity index (χ1) is 16.6. The van der Waals surface area contributed by atoms with E-state index in [4.69, 9.17) is 4.74 Å². The number of rotatable bonds is 9. The van der Waals surface area contributed by atoms with E-state index in [1.54, 1.807) is 50.2 Å². The summed E-state index contributed by atoms with van der Waals surface area (Å²) in [5, 5.41) is 13.9. The van der Waals surface area contributed by atoms with Crippen LogP contribution in [-0.4, -0.2) is 32.4 Å². The van der Waals surface area contributed by atoms with Crippen LogP contribution in [0.3, 0.4) is 0 Å². The summed E-state index contributed by atoms with van der Waals surface area (Å²) in [7, 11) is -2.41. The second-order valence-electron chi connectivity index (χ2n) is 7.87. The van der Waals surface area contributed by atoms with Gasteiger partial charge in [-0.25, -0.2) is 13.1 Å². The van der Waals surface area contributed by atoms with Crippen molar-refractivity contribution in [1.82, 2.24) is 4.72 Å². The van der Waals surface area contributed by atoms with Crippen LogP contribution >= 0.6 is 0 Å². The number of hydrogen-bond donors (Lipinski definition) is 2. The molecule has 35 heavy (non-hydrogen) atoms. The molecule has 0 aliphatic carbocycles. The summed E-state index contributed by atoms with van der Waals surface area (Å²) in [4.78, 5) is 24.0. The van der Waals surface area contributed by atoms with Crippen LogP contribution in [0.15, 0.2) is 77.7 Å². The number of anilines is 1. The molecule has 0 unspecified atom stereocenters. The number of non-ortho nitro benzene ring substituents is 1. The molecule has 0 heterocycles. The minimum absolute atomic E-state index is 0.0359. The first-order valence-electron chi connectivity index (χ1n) is 10.6. The van der Waals surface area contributed by atoms with Crippen molar-refractivity contribution in [3.05, 3.63) is 94.0 Å². The molecule has 3 aromatic carbocycles. The number of nitro groups is 1. The molecule has 0 saturated heterocycles. The van der Waals surface area contributed by atoms with Crippen molar-refractivity contribution in [2.75, 3.05) is 12.4 Å². The van der Waals surface area contributed by atoms with E-state index in [1.165, 1.54) is 49.6 Å². The van der Waals surface area contributed by atoms with E-state index in [1.807, 2.05) is 0 Å². The summed E-state index contributed by atoms with van der Waals surface area (Å²) in [6.07, 6.45) is 1.53. The summed E-state index contributed by atoms with van der Waals surface area (Å²) in [5.41, 5.74) is 1.30. The predicted molar refractivity (Wildman–Crippen MR) is 134 cm³/mol. The quantitative estimate of drug-likeness (QED) is 0.195. The Morgan fingerprint density at radius 3 is 2.37 bits per heavy atom. The lowest BCUT2D eigenvalue weighted by Crippen LogP contribution is -2.30. The third-order valence-electron chi connectivity index (χ3n) is 4.84. The molecule has 1 amide bonds. The third kappa shape index (κ3) is 6.52. The second-order valence-corrected chi connectivity index (χ2v) is 9.58. The maximum absolute atomic E-state index is 13.4. The van der Waals surface area contributed by atoms with E-state index in [0.717, 1.165) is 0 Å². The molecule has 3 aromatic rings. The highest BCUT2D eigenvalue weighted by molar-refractivity contribution is 7.89. The molecular formula is C25H25N3O6S. The van der Waals surface area contributed by atoms with Gasteiger partial charge in [-0.1, -0.05) is 42.5 Å². The number of sulfonamides is 1. The van der Waals surface area contributed by atoms with E-state index in [0.29, 0.717) is 11.1 Å². The second kappa shape index (κ2) is 10.9. The van der Waals surface area contributed by atoms with Gasteiger partial charge in [-0.15, -0.1) is 0 Å². The van der Waals surface area contributed by atoms with E-state index < -0.39 is 20.9 Å². The van der Waals surface area contributed by atoms with Crippen molar-refractivity contribution in [3.8, 4) is 5.75 Å². The summed E-state index contributed by atoms with van der Waals surface area (Å²) in [5.74, 6) is -0.281. The molecular weight excluding hydrogens is 470 g/mol. The van der Waals surface area contributed by atoms with Crippen LogP contribution in [0.4, 0.5) is 11.4 Å². The molecule has 10 heteroatoms. The first kappa shape index (κ1) is 25.6. The van der Waals surface area contributed by atoms with Crippen molar-refractivity contribution < 1.29 is 22.9 Å². The fourth-order valence-corrected chi connectivity index (χ4v) is 4.59. The molecule has 0 bridgehead atoms. The van der Waals surface area contributed by atoms with Gasteiger partial charge in [0, 0.05) is 23.7 Å². The van der Waals surface area contributed by atoms with Crippen LogP contribution in [0.5, 0.6) is 5.75 Å². The van der Waals surface area contributed by atoms with Crippen molar-refractivity contribution in [3.63, 3.8) is 0 Å². The maximum Gasteiger partial charge on any atom is 0.270 e. The number of carbonyl (C=O) groups excluding carboxylic acids is 1. The Morgan fingerprint density at radius 2 is 1.74 bits per heavy atom. The Bertz CT molecular complexity index is 1370. The fraction of sp³-hybridized carbons (Fsp3) is 0.160. The Morgan fingerprint density at radius 1 is 1.03 bits per heavy atom. The van der Waals surface area contributed by atoms with Gasteiger partial charge in [0.2, 0.25) is 10.0 Å². The van der Waals surface area contributed by atoms with Crippen molar-refractivity contribution in [2.45, 2.75) is 24.8 Å². The number of nitrogens with one attached hydrogen (secondary N) is 2. The normalized spacial score (nSPS) is 11.8. The van der Waals surface area contributed by atoms with Crippen LogP contribution in [0.25, 0.3) is 11.6 Å². The summed E-state index contributed by atoms with van der Waals surface area (Å²) >= 11 is 0. The topological polar surface area (TPSA) is 128 Å². The Labute approximate surface area is 203 Å². The molecule has 0 aliphatic heterocycles. The minimum Gasteiger partial charge on any atom is -0.495 e. The van der Waals surface area contributed by atoms with E-state index >= 15 is 0 Å². The summed E-state index contributed by atoms with van der Waals surface area (Å²) in [6.45, 7) is 3.41. The van der Waals surface area contributed by atoms with Gasteiger partial charge in [0.15, 0.2) is 0 Å². The van der Waals surface area contributed by atoms with Crippen LogP contribution in [-0.2, 0) is 14.8 Å². The van der Waals surface area contributed by atoms with Gasteiger partial charge in [0.05, 0.1) is 22.6 Å². The molecule has 0 atom stereocenters. The summed E-state index contributed by atoms with van der Waals surface area (Å²) < 4.78 is 33.1. The fourth-order valence-electron chi connectivity index (χ4n) is 3.31. The van der Waals surface area contributed by atoms with Crippen LogP contribution in [0.1, 0.15) is 25.0 Å². The maximum atomic E-state index is 13.4. The number of nitro benzene ring substituents is 1. The lowest BCUT2D eigenvalue weighted by Gasteiger charge is -2.15. The SMILES string of the molecule is COc1ccc(S(=O)(=O)NC(C)C)cc1NC(=O)/C(=C/c1cccc([N+](=O)[O-])c1)c1ccccc1. The zero-order valence-corrected chi connectivity index (χ0v) is 20.2. The van der Waals surface area contributed by atoms with Crippen molar-refractivity contribution in [2.24, 2.45) is 0 Å². The highest BCUT2D eigenvalue weighted by Crippen LogP contribution is 2.30. The van der Waals surface area contributed by atoms with Gasteiger partial charge in [-0.2, -0.15) is 0 Å². The van der Waals surface area contributed by atoms with E-state index in [2.05, 4.69) is 10.0 Å². The smallest absolute Gasteiger partial charge is 0.270 e. The average Bonchev–Trinajstić information content (AvgIpc) is 2.82. The number of amides is 1. The van der Waals surface area contributed by atoms with Crippen molar-refractivity contribution in [1.29, 1.82) is 0 Å². The number of ether oxygens (including phenoxy) is 1. The molecule has 0 saturated carbocycles. The van der Waals surface area contributed by atoms with Gasteiger partial charge in [0.1, 0.15) is 5.75 Å². The van der Waals surface area contributed by atoms with E-state index in [-0.39, 0.29) is 33.6 Å². The van der Waals surface area contributed by atoms with Gasteiger partial charge < -0.3 is 10.1 Å². The van der Waals surface area contributed by atoms with Crippen LogP contribution in [0.2, 0.25) is 0 Å². The minimum atomic E-state index is -3.81. The molecule has 182 valence electrons. The number of hydrogen-bond acceptors (Lipinski definition) is 6. The highest BCUT2D eigenvalue weighted by atomic mass is 32.2. The van der Waals surface area contributed by atoms with Crippen molar-refractivity contribution >= 4 is 39.0 Å². The average molecular weight is 496 g/mol. The van der Waals surface area contributed by atoms with Crippen LogP contribution in [0, 0.1) is 10.1 Å². The highest BCUT2D eigenvalue weighted by Gasteiger charge is 2.20. The Hall–Kier alpha value is -4.02. The molecule has 0 spiro atoms. The predicted octanol–water partition coefficient (Wildman–Crippen LogP) is 4.47. The standard InChI is InChI=1S/C25H25N3O6S/c1-17(2)27-35(32,33)21-12-13-24(34-3)23(16-21)26-25(29)22(19-9-5-4-6-10-19)15-18-8-7-11-20(14-18)28(30)31/h4-17,27H,1-3H3,(H,26,29)/b22-15+. The zero-order chi connectivity index (χ0) is 25.6. The van der Waals surface area contributed by atoms with Gasteiger partial charge >= 0.3 is 0 Å². The number of methoxy groups -OCH3 is 1. The van der Waals surface area contributed by atoms with Crippen LogP contribution < -0.4 is 14.8 Å². The number of nitrogens with zero attached hydrogens (tertiary/aromatic N) is 1. The van der Waals surface area contributed by atoms with Gasteiger partial charge in [0.25, 0.3) is 11.6 Å². The first-order valence-corrected chi connectivity index (χ1v) is 12.1.